The zero-order valence-corrected chi connectivity index (χ0v) is 10.3. The van der Waals surface area contributed by atoms with Crippen molar-refractivity contribution in [2.45, 2.75) is 26.2 Å². The molecule has 0 aliphatic carbocycles. The monoisotopic (exact) mass is 235 g/mol. The third kappa shape index (κ3) is 2.25. The zero-order valence-electron chi connectivity index (χ0n) is 9.58. The van der Waals surface area contributed by atoms with Crippen molar-refractivity contribution in [1.29, 1.82) is 0 Å². The van der Waals surface area contributed by atoms with Crippen LogP contribution in [-0.4, -0.2) is 15.2 Å². The van der Waals surface area contributed by atoms with Gasteiger partial charge in [0.05, 0.1) is 0 Å². The molecule has 0 fully saturated rings. The van der Waals surface area contributed by atoms with Gasteiger partial charge in [0, 0.05) is 5.56 Å². The Bertz CT molecular complexity index is 480. The third-order valence-electron chi connectivity index (χ3n) is 2.47. The molecule has 0 saturated carbocycles. The van der Waals surface area contributed by atoms with Crippen molar-refractivity contribution in [1.82, 2.24) is 15.2 Å². The van der Waals surface area contributed by atoms with Gasteiger partial charge in [0.15, 0.2) is 5.82 Å². The Hall–Kier alpha value is -1.35. The Balaban J connectivity index is 2.33. The van der Waals surface area contributed by atoms with Gasteiger partial charge in [0.25, 0.3) is 0 Å². The maximum absolute atomic E-state index is 5.68. The molecule has 3 nitrogen and oxygen atoms in total. The molecule has 1 heterocycles. The number of rotatable bonds is 1. The summed E-state index contributed by atoms with van der Waals surface area (Å²) in [7, 11) is 0. The van der Waals surface area contributed by atoms with Crippen molar-refractivity contribution in [2.75, 3.05) is 0 Å². The predicted molar refractivity (Wildman–Crippen MR) is 65.5 cm³/mol. The summed E-state index contributed by atoms with van der Waals surface area (Å²) in [4.78, 5) is 4.07. The highest BCUT2D eigenvalue weighted by molar-refractivity contribution is 6.28. The molecule has 0 amide bonds. The van der Waals surface area contributed by atoms with Gasteiger partial charge in [-0.2, -0.15) is 10.1 Å². The molecule has 1 aromatic heterocycles. The lowest BCUT2D eigenvalue weighted by Crippen LogP contribution is -2.10. The Labute approximate surface area is 99.9 Å². The van der Waals surface area contributed by atoms with Crippen LogP contribution in [0, 0.1) is 0 Å². The Kier molecular flexibility index (Phi) is 2.72. The molecule has 0 unspecified atom stereocenters. The van der Waals surface area contributed by atoms with E-state index in [4.69, 9.17) is 11.6 Å². The first-order valence-corrected chi connectivity index (χ1v) is 5.53. The lowest BCUT2D eigenvalue weighted by Gasteiger charge is -2.18. The second-order valence-corrected chi connectivity index (χ2v) is 5.14. The number of H-pyrrole nitrogens is 1. The van der Waals surface area contributed by atoms with Gasteiger partial charge < -0.3 is 0 Å². The van der Waals surface area contributed by atoms with E-state index in [0.717, 1.165) is 5.56 Å². The number of halogens is 1. The molecule has 4 heteroatoms. The summed E-state index contributed by atoms with van der Waals surface area (Å²) in [6, 6.07) is 8.22. The van der Waals surface area contributed by atoms with Crippen LogP contribution < -0.4 is 0 Å². The summed E-state index contributed by atoms with van der Waals surface area (Å²) < 4.78 is 0. The Morgan fingerprint density at radius 2 is 1.75 bits per heavy atom. The van der Waals surface area contributed by atoms with Gasteiger partial charge in [-0.05, 0) is 22.6 Å². The van der Waals surface area contributed by atoms with Crippen LogP contribution in [0.15, 0.2) is 24.3 Å². The topological polar surface area (TPSA) is 41.6 Å². The van der Waals surface area contributed by atoms with Crippen molar-refractivity contribution in [3.8, 4) is 11.4 Å². The first-order chi connectivity index (χ1) is 7.47. The summed E-state index contributed by atoms with van der Waals surface area (Å²) in [6.45, 7) is 6.56. The number of aromatic nitrogens is 3. The summed E-state index contributed by atoms with van der Waals surface area (Å²) in [5.41, 5.74) is 2.42. The molecular formula is C12H14ClN3. The molecular weight excluding hydrogens is 222 g/mol. The summed E-state index contributed by atoms with van der Waals surface area (Å²) in [5, 5.41) is 6.94. The molecule has 0 aliphatic heterocycles. The molecule has 0 aliphatic rings. The van der Waals surface area contributed by atoms with Crippen molar-refractivity contribution in [3.05, 3.63) is 35.1 Å². The largest absolute Gasteiger partial charge is 0.249 e. The van der Waals surface area contributed by atoms with Crippen molar-refractivity contribution in [3.63, 3.8) is 0 Å². The maximum atomic E-state index is 5.68. The fourth-order valence-corrected chi connectivity index (χ4v) is 1.61. The lowest BCUT2D eigenvalue weighted by atomic mass is 9.87. The van der Waals surface area contributed by atoms with Crippen LogP contribution in [-0.2, 0) is 5.41 Å². The molecule has 0 radical (unpaired) electrons. The first-order valence-electron chi connectivity index (χ1n) is 5.15. The molecule has 2 rings (SSSR count). The Morgan fingerprint density at radius 3 is 2.19 bits per heavy atom. The van der Waals surface area contributed by atoms with Crippen LogP contribution in [0.1, 0.15) is 26.3 Å². The van der Waals surface area contributed by atoms with E-state index in [1.165, 1.54) is 5.56 Å². The van der Waals surface area contributed by atoms with Crippen LogP contribution in [0.4, 0.5) is 0 Å². The number of benzene rings is 1. The minimum Gasteiger partial charge on any atom is -0.249 e. The normalized spacial score (nSPS) is 11.8. The smallest absolute Gasteiger partial charge is 0.218 e. The first kappa shape index (κ1) is 11.1. The molecule has 2 aromatic rings. The van der Waals surface area contributed by atoms with E-state index in [-0.39, 0.29) is 5.41 Å². The Morgan fingerprint density at radius 1 is 1.12 bits per heavy atom. The minimum absolute atomic E-state index is 0.162. The molecule has 84 valence electrons. The highest BCUT2D eigenvalue weighted by Gasteiger charge is 2.13. The van der Waals surface area contributed by atoms with Gasteiger partial charge in [-0.15, -0.1) is 0 Å². The van der Waals surface area contributed by atoms with Crippen LogP contribution in [0.25, 0.3) is 11.4 Å². The summed E-state index contributed by atoms with van der Waals surface area (Å²) >= 11 is 5.68. The summed E-state index contributed by atoms with van der Waals surface area (Å²) in [5.74, 6) is 0.630. The minimum atomic E-state index is 0.162. The molecule has 1 aromatic carbocycles. The quantitative estimate of drug-likeness (QED) is 0.823. The average molecular weight is 236 g/mol. The molecule has 0 atom stereocenters. The highest BCUT2D eigenvalue weighted by atomic mass is 35.5. The van der Waals surface area contributed by atoms with E-state index in [0.29, 0.717) is 11.1 Å². The number of nitrogens with one attached hydrogen (secondary N) is 1. The van der Waals surface area contributed by atoms with Gasteiger partial charge in [0.2, 0.25) is 5.28 Å². The second kappa shape index (κ2) is 3.91. The van der Waals surface area contributed by atoms with Crippen LogP contribution in [0.5, 0.6) is 0 Å². The third-order valence-corrected chi connectivity index (χ3v) is 2.64. The van der Waals surface area contributed by atoms with Crippen LogP contribution in [0.2, 0.25) is 5.28 Å². The average Bonchev–Trinajstić information content (AvgIpc) is 2.64. The molecule has 0 bridgehead atoms. The standard InChI is InChI=1S/C12H14ClN3/c1-12(2,3)9-6-4-8(5-7-9)10-14-11(13)16-15-10/h4-7H,1-3H3,(H,14,15,16). The SMILES string of the molecule is CC(C)(C)c1ccc(-c2n[nH]c(Cl)n2)cc1. The molecule has 16 heavy (non-hydrogen) atoms. The fourth-order valence-electron chi connectivity index (χ4n) is 1.49. The van der Waals surface area contributed by atoms with Crippen molar-refractivity contribution in [2.24, 2.45) is 0 Å². The number of hydrogen-bond donors (Lipinski definition) is 1. The maximum Gasteiger partial charge on any atom is 0.218 e. The van der Waals surface area contributed by atoms with Crippen molar-refractivity contribution >= 4 is 11.6 Å². The van der Waals surface area contributed by atoms with Gasteiger partial charge in [0.1, 0.15) is 0 Å². The van der Waals surface area contributed by atoms with E-state index >= 15 is 0 Å². The molecule has 0 saturated heterocycles. The predicted octanol–water partition coefficient (Wildman–Crippen LogP) is 3.42. The zero-order chi connectivity index (χ0) is 11.8. The highest BCUT2D eigenvalue weighted by Crippen LogP contribution is 2.24. The number of hydrogen-bond acceptors (Lipinski definition) is 2. The van der Waals surface area contributed by atoms with E-state index in [1.54, 1.807) is 0 Å². The van der Waals surface area contributed by atoms with Crippen LogP contribution >= 0.6 is 11.6 Å². The number of nitrogens with zero attached hydrogens (tertiary/aromatic N) is 2. The second-order valence-electron chi connectivity index (χ2n) is 4.78. The van der Waals surface area contributed by atoms with Gasteiger partial charge in [-0.1, -0.05) is 45.0 Å². The van der Waals surface area contributed by atoms with Gasteiger partial charge >= 0.3 is 0 Å². The van der Waals surface area contributed by atoms with E-state index < -0.39 is 0 Å². The van der Waals surface area contributed by atoms with Gasteiger partial charge in [-0.25, -0.2) is 5.10 Å². The number of aromatic amines is 1. The van der Waals surface area contributed by atoms with Crippen molar-refractivity contribution < 1.29 is 0 Å². The van der Waals surface area contributed by atoms with Crippen LogP contribution in [0.3, 0.4) is 0 Å². The summed E-state index contributed by atoms with van der Waals surface area (Å²) in [6.07, 6.45) is 0. The van der Waals surface area contributed by atoms with E-state index in [2.05, 4.69) is 48.1 Å². The van der Waals surface area contributed by atoms with E-state index in [9.17, 15) is 0 Å². The molecule has 1 N–H and O–H groups in total. The van der Waals surface area contributed by atoms with E-state index in [1.807, 2.05) is 12.1 Å². The van der Waals surface area contributed by atoms with Gasteiger partial charge in [-0.3, -0.25) is 0 Å². The molecule has 0 spiro atoms. The lowest BCUT2D eigenvalue weighted by molar-refractivity contribution is 0.590. The fraction of sp³-hybridized carbons (Fsp3) is 0.333.